The van der Waals surface area contributed by atoms with E-state index in [2.05, 4.69) is 0 Å². The van der Waals surface area contributed by atoms with Crippen LogP contribution in [-0.2, 0) is 14.3 Å². The van der Waals surface area contributed by atoms with E-state index < -0.39 is 5.60 Å². The molecule has 1 heterocycles. The number of aldehydes is 2. The molecule has 1 fully saturated rings. The summed E-state index contributed by atoms with van der Waals surface area (Å²) >= 11 is 0. The van der Waals surface area contributed by atoms with Crippen molar-refractivity contribution in [3.05, 3.63) is 12.2 Å². The van der Waals surface area contributed by atoms with Gasteiger partial charge in [0.15, 0.2) is 11.9 Å². The van der Waals surface area contributed by atoms with Gasteiger partial charge in [0.25, 0.3) is 0 Å². The predicted molar refractivity (Wildman–Crippen MR) is 34.5 cm³/mol. The molecular formula is C7H8O3. The number of allylic oxidation sites excluding steroid dienone is 1. The predicted octanol–water partition coefficient (Wildman–Crippen LogP) is 0.0979. The van der Waals surface area contributed by atoms with Gasteiger partial charge in [-0.2, -0.15) is 0 Å². The van der Waals surface area contributed by atoms with Crippen molar-refractivity contribution in [3.63, 3.8) is 0 Å². The maximum Gasteiger partial charge on any atom is 0.154 e. The van der Waals surface area contributed by atoms with Gasteiger partial charge in [-0.25, -0.2) is 0 Å². The summed E-state index contributed by atoms with van der Waals surface area (Å²) in [5.74, 6) is 0. The standard InChI is InChI=1S/C7H8O3/c1-7(5-9)6(10-7)3-2-4-8/h2-6H,1H3. The molecule has 10 heavy (non-hydrogen) atoms. The van der Waals surface area contributed by atoms with Gasteiger partial charge >= 0.3 is 0 Å². The molecular weight excluding hydrogens is 132 g/mol. The van der Waals surface area contributed by atoms with Crippen molar-refractivity contribution >= 4 is 12.6 Å². The molecule has 0 aromatic rings. The number of carbonyl (C=O) groups excluding carboxylic acids is 2. The Labute approximate surface area is 58.7 Å². The van der Waals surface area contributed by atoms with Crippen LogP contribution in [0.25, 0.3) is 0 Å². The molecule has 3 heteroatoms. The first-order valence-corrected chi connectivity index (χ1v) is 2.99. The van der Waals surface area contributed by atoms with Crippen molar-refractivity contribution in [2.24, 2.45) is 0 Å². The lowest BCUT2D eigenvalue weighted by Crippen LogP contribution is -2.09. The molecule has 0 N–H and O–H groups in total. The Morgan fingerprint density at radius 2 is 2.20 bits per heavy atom. The lowest BCUT2D eigenvalue weighted by atomic mass is 10.1. The fraction of sp³-hybridized carbons (Fsp3) is 0.429. The van der Waals surface area contributed by atoms with Gasteiger partial charge in [-0.15, -0.1) is 0 Å². The van der Waals surface area contributed by atoms with E-state index in [-0.39, 0.29) is 6.10 Å². The average Bonchev–Trinajstić information content (AvgIpc) is 2.59. The summed E-state index contributed by atoms with van der Waals surface area (Å²) in [7, 11) is 0. The highest BCUT2D eigenvalue weighted by atomic mass is 16.6. The third-order valence-corrected chi connectivity index (χ3v) is 1.49. The Bertz CT molecular complexity index is 185. The zero-order valence-corrected chi connectivity index (χ0v) is 5.61. The van der Waals surface area contributed by atoms with Crippen molar-refractivity contribution in [3.8, 4) is 0 Å². The Morgan fingerprint density at radius 1 is 1.50 bits per heavy atom. The van der Waals surface area contributed by atoms with Gasteiger partial charge in [-0.1, -0.05) is 0 Å². The molecule has 0 radical (unpaired) electrons. The minimum absolute atomic E-state index is 0.199. The maximum absolute atomic E-state index is 10.2. The van der Waals surface area contributed by atoms with E-state index in [0.717, 1.165) is 6.29 Å². The normalized spacial score (nSPS) is 37.9. The minimum Gasteiger partial charge on any atom is -0.354 e. The molecule has 0 aromatic heterocycles. The van der Waals surface area contributed by atoms with Crippen molar-refractivity contribution in [1.29, 1.82) is 0 Å². The van der Waals surface area contributed by atoms with Gasteiger partial charge in [-0.3, -0.25) is 4.79 Å². The minimum atomic E-state index is -0.667. The Kier molecular flexibility index (Phi) is 1.68. The summed E-state index contributed by atoms with van der Waals surface area (Å²) in [6, 6.07) is 0. The van der Waals surface area contributed by atoms with Crippen LogP contribution in [-0.4, -0.2) is 24.3 Å². The SMILES string of the molecule is CC1(C=O)OC1C=CC=O. The first-order chi connectivity index (χ1) is 4.73. The highest BCUT2D eigenvalue weighted by molar-refractivity contribution is 5.70. The molecule has 0 amide bonds. The summed E-state index contributed by atoms with van der Waals surface area (Å²) in [5.41, 5.74) is -0.667. The largest absolute Gasteiger partial charge is 0.354 e. The van der Waals surface area contributed by atoms with E-state index in [0.29, 0.717) is 6.29 Å². The second kappa shape index (κ2) is 2.34. The van der Waals surface area contributed by atoms with Gasteiger partial charge in [0, 0.05) is 0 Å². The lowest BCUT2D eigenvalue weighted by Gasteiger charge is -1.85. The van der Waals surface area contributed by atoms with Crippen LogP contribution in [0.3, 0.4) is 0 Å². The Morgan fingerprint density at radius 3 is 2.60 bits per heavy atom. The van der Waals surface area contributed by atoms with Crippen LogP contribution < -0.4 is 0 Å². The number of epoxide rings is 1. The lowest BCUT2D eigenvalue weighted by molar-refractivity contribution is -0.111. The van der Waals surface area contributed by atoms with E-state index in [1.165, 1.54) is 6.08 Å². The molecule has 2 unspecified atom stereocenters. The number of rotatable bonds is 3. The maximum atomic E-state index is 10.2. The summed E-state index contributed by atoms with van der Waals surface area (Å²) in [6.07, 6.45) is 4.11. The topological polar surface area (TPSA) is 46.7 Å². The van der Waals surface area contributed by atoms with Crippen LogP contribution in [0.15, 0.2) is 12.2 Å². The van der Waals surface area contributed by atoms with Gasteiger partial charge in [-0.05, 0) is 19.1 Å². The quantitative estimate of drug-likeness (QED) is 0.317. The van der Waals surface area contributed by atoms with E-state index in [4.69, 9.17) is 4.74 Å². The van der Waals surface area contributed by atoms with Crippen LogP contribution in [0.5, 0.6) is 0 Å². The van der Waals surface area contributed by atoms with Crippen molar-refractivity contribution in [2.45, 2.75) is 18.6 Å². The van der Waals surface area contributed by atoms with Crippen LogP contribution >= 0.6 is 0 Å². The van der Waals surface area contributed by atoms with Crippen LogP contribution in [0.1, 0.15) is 6.92 Å². The number of ether oxygens (including phenoxy) is 1. The zero-order valence-electron chi connectivity index (χ0n) is 5.61. The van der Waals surface area contributed by atoms with E-state index >= 15 is 0 Å². The third-order valence-electron chi connectivity index (χ3n) is 1.49. The van der Waals surface area contributed by atoms with E-state index in [1.54, 1.807) is 13.0 Å². The Hall–Kier alpha value is -0.960. The fourth-order valence-corrected chi connectivity index (χ4v) is 0.711. The highest BCUT2D eigenvalue weighted by Gasteiger charge is 2.50. The van der Waals surface area contributed by atoms with Gasteiger partial charge < -0.3 is 9.53 Å². The summed E-state index contributed by atoms with van der Waals surface area (Å²) < 4.78 is 4.94. The van der Waals surface area contributed by atoms with E-state index in [9.17, 15) is 9.59 Å². The first-order valence-electron chi connectivity index (χ1n) is 2.99. The highest BCUT2D eigenvalue weighted by Crippen LogP contribution is 2.34. The number of carbonyl (C=O) groups is 2. The summed E-state index contributed by atoms with van der Waals surface area (Å²) in [4.78, 5) is 20.0. The summed E-state index contributed by atoms with van der Waals surface area (Å²) in [6.45, 7) is 1.68. The number of hydrogen-bond donors (Lipinski definition) is 0. The van der Waals surface area contributed by atoms with Crippen LogP contribution in [0, 0.1) is 0 Å². The molecule has 1 rings (SSSR count). The van der Waals surface area contributed by atoms with Crippen LogP contribution in [0.2, 0.25) is 0 Å². The first kappa shape index (κ1) is 7.15. The second-order valence-electron chi connectivity index (χ2n) is 2.36. The van der Waals surface area contributed by atoms with Gasteiger partial charge in [0.1, 0.15) is 12.4 Å². The smallest absolute Gasteiger partial charge is 0.154 e. The number of hydrogen-bond acceptors (Lipinski definition) is 3. The molecule has 0 aromatic carbocycles. The zero-order chi connectivity index (χ0) is 7.61. The molecule has 0 aliphatic carbocycles. The fourth-order valence-electron chi connectivity index (χ4n) is 0.711. The molecule has 0 spiro atoms. The average molecular weight is 140 g/mol. The summed E-state index contributed by atoms with van der Waals surface area (Å²) in [5, 5.41) is 0. The molecule has 0 bridgehead atoms. The van der Waals surface area contributed by atoms with Crippen LogP contribution in [0.4, 0.5) is 0 Å². The van der Waals surface area contributed by atoms with Crippen molar-refractivity contribution in [2.75, 3.05) is 0 Å². The third kappa shape index (κ3) is 1.14. The Balaban J connectivity index is 2.44. The molecule has 1 aliphatic heterocycles. The molecule has 2 atom stereocenters. The molecule has 1 saturated heterocycles. The molecule has 0 saturated carbocycles. The van der Waals surface area contributed by atoms with Gasteiger partial charge in [0.2, 0.25) is 0 Å². The van der Waals surface area contributed by atoms with Crippen molar-refractivity contribution < 1.29 is 14.3 Å². The van der Waals surface area contributed by atoms with Gasteiger partial charge in [0.05, 0.1) is 0 Å². The molecule has 3 nitrogen and oxygen atoms in total. The molecule has 54 valence electrons. The monoisotopic (exact) mass is 140 g/mol. The molecule has 1 aliphatic rings. The second-order valence-corrected chi connectivity index (χ2v) is 2.36. The van der Waals surface area contributed by atoms with Crippen molar-refractivity contribution in [1.82, 2.24) is 0 Å². The van der Waals surface area contributed by atoms with E-state index in [1.807, 2.05) is 0 Å².